The van der Waals surface area contributed by atoms with E-state index in [0.29, 0.717) is 12.1 Å². The standard InChI is InChI=1S/C20H20N6O3/c1-3-25(16-11-7-8-14(2)12-16)19-17(26(28)29)18(21-13-22-19)23-24-20(27)15-9-5-4-6-10-15/h4-13H,3H2,1-2H3,(H,24,27)(H,21,22,23). The van der Waals surface area contributed by atoms with Crippen LogP contribution in [0.1, 0.15) is 22.8 Å². The smallest absolute Gasteiger partial charge is 0.321 e. The second-order valence-electron chi connectivity index (χ2n) is 6.18. The molecule has 0 bridgehead atoms. The minimum Gasteiger partial charge on any atom is -0.321 e. The molecule has 0 aliphatic rings. The lowest BCUT2D eigenvalue weighted by molar-refractivity contribution is -0.383. The highest BCUT2D eigenvalue weighted by Crippen LogP contribution is 2.35. The van der Waals surface area contributed by atoms with Gasteiger partial charge in [0.05, 0.1) is 4.92 Å². The lowest BCUT2D eigenvalue weighted by Gasteiger charge is -2.22. The summed E-state index contributed by atoms with van der Waals surface area (Å²) in [7, 11) is 0. The molecular weight excluding hydrogens is 372 g/mol. The van der Waals surface area contributed by atoms with E-state index in [1.165, 1.54) is 6.33 Å². The highest BCUT2D eigenvalue weighted by atomic mass is 16.6. The summed E-state index contributed by atoms with van der Waals surface area (Å²) in [6.07, 6.45) is 1.22. The molecule has 148 valence electrons. The Bertz CT molecular complexity index is 1030. The third-order valence-corrected chi connectivity index (χ3v) is 4.20. The van der Waals surface area contributed by atoms with Crippen LogP contribution in [0.5, 0.6) is 0 Å². The van der Waals surface area contributed by atoms with Crippen LogP contribution in [-0.4, -0.2) is 27.3 Å². The first-order valence-electron chi connectivity index (χ1n) is 8.96. The number of benzene rings is 2. The lowest BCUT2D eigenvalue weighted by atomic mass is 10.2. The highest BCUT2D eigenvalue weighted by Gasteiger charge is 2.27. The number of nitrogens with zero attached hydrogens (tertiary/aromatic N) is 4. The molecule has 2 N–H and O–H groups in total. The molecule has 3 aromatic rings. The second-order valence-corrected chi connectivity index (χ2v) is 6.18. The van der Waals surface area contributed by atoms with Gasteiger partial charge in [-0.3, -0.25) is 25.8 Å². The number of aromatic nitrogens is 2. The molecular formula is C20H20N6O3. The number of hydrogen-bond acceptors (Lipinski definition) is 7. The van der Waals surface area contributed by atoms with Crippen molar-refractivity contribution in [3.05, 3.63) is 82.2 Å². The van der Waals surface area contributed by atoms with Crippen LogP contribution >= 0.6 is 0 Å². The summed E-state index contributed by atoms with van der Waals surface area (Å²) >= 11 is 0. The second kappa shape index (κ2) is 8.79. The van der Waals surface area contributed by atoms with Gasteiger partial charge >= 0.3 is 5.69 Å². The van der Waals surface area contributed by atoms with Crippen LogP contribution in [0, 0.1) is 17.0 Å². The Kier molecular flexibility index (Phi) is 5.98. The number of hydrogen-bond donors (Lipinski definition) is 2. The minimum absolute atomic E-state index is 0.101. The molecule has 9 heteroatoms. The van der Waals surface area contributed by atoms with Gasteiger partial charge < -0.3 is 4.90 Å². The van der Waals surface area contributed by atoms with Gasteiger partial charge in [-0.25, -0.2) is 9.97 Å². The number of nitro groups is 1. The van der Waals surface area contributed by atoms with E-state index in [9.17, 15) is 14.9 Å². The third kappa shape index (κ3) is 4.46. The van der Waals surface area contributed by atoms with Gasteiger partial charge in [-0.15, -0.1) is 0 Å². The largest absolute Gasteiger partial charge is 0.355 e. The van der Waals surface area contributed by atoms with Gasteiger partial charge in [0, 0.05) is 17.8 Å². The van der Waals surface area contributed by atoms with Crippen molar-refractivity contribution in [3.63, 3.8) is 0 Å². The number of nitrogens with one attached hydrogen (secondary N) is 2. The molecule has 2 aromatic carbocycles. The number of aryl methyl sites for hydroxylation is 1. The Labute approximate surface area is 167 Å². The fourth-order valence-electron chi connectivity index (χ4n) is 2.85. The summed E-state index contributed by atoms with van der Waals surface area (Å²) < 4.78 is 0. The molecule has 0 fully saturated rings. The molecule has 0 unspecified atom stereocenters. The number of rotatable bonds is 7. The van der Waals surface area contributed by atoms with Crippen molar-refractivity contribution in [1.29, 1.82) is 0 Å². The lowest BCUT2D eigenvalue weighted by Crippen LogP contribution is -2.30. The summed E-state index contributed by atoms with van der Waals surface area (Å²) in [5.74, 6) is -0.406. The maximum atomic E-state index is 12.2. The Balaban J connectivity index is 1.93. The molecule has 9 nitrogen and oxygen atoms in total. The fourth-order valence-corrected chi connectivity index (χ4v) is 2.85. The predicted octanol–water partition coefficient (Wildman–Crippen LogP) is 3.61. The van der Waals surface area contributed by atoms with E-state index in [0.717, 1.165) is 11.3 Å². The molecule has 1 heterocycles. The van der Waals surface area contributed by atoms with Crippen LogP contribution in [0.15, 0.2) is 60.9 Å². The topological polar surface area (TPSA) is 113 Å². The average Bonchev–Trinajstić information content (AvgIpc) is 2.73. The summed E-state index contributed by atoms with van der Waals surface area (Å²) in [6, 6.07) is 16.1. The first-order valence-corrected chi connectivity index (χ1v) is 8.96. The maximum Gasteiger partial charge on any atom is 0.355 e. The maximum absolute atomic E-state index is 12.2. The SMILES string of the molecule is CCN(c1cccc(C)c1)c1ncnc(NNC(=O)c2ccccc2)c1[N+](=O)[O-]. The van der Waals surface area contributed by atoms with Gasteiger partial charge in [-0.1, -0.05) is 30.3 Å². The van der Waals surface area contributed by atoms with Crippen molar-refractivity contribution in [2.45, 2.75) is 13.8 Å². The van der Waals surface area contributed by atoms with Crippen LogP contribution in [0.3, 0.4) is 0 Å². The number of amides is 1. The monoisotopic (exact) mass is 392 g/mol. The molecule has 0 atom stereocenters. The van der Waals surface area contributed by atoms with Crippen molar-refractivity contribution in [2.75, 3.05) is 16.9 Å². The van der Waals surface area contributed by atoms with Crippen molar-refractivity contribution in [2.24, 2.45) is 0 Å². The fraction of sp³-hybridized carbons (Fsp3) is 0.150. The molecule has 0 radical (unpaired) electrons. The first kappa shape index (κ1) is 19.7. The average molecular weight is 392 g/mol. The number of hydrazine groups is 1. The number of anilines is 3. The van der Waals surface area contributed by atoms with Gasteiger partial charge in [0.1, 0.15) is 6.33 Å². The molecule has 1 aromatic heterocycles. The van der Waals surface area contributed by atoms with Crippen LogP contribution in [0.2, 0.25) is 0 Å². The van der Waals surface area contributed by atoms with E-state index < -0.39 is 10.8 Å². The van der Waals surface area contributed by atoms with E-state index in [4.69, 9.17) is 0 Å². The van der Waals surface area contributed by atoms with Gasteiger partial charge in [-0.05, 0) is 43.7 Å². The van der Waals surface area contributed by atoms with E-state index >= 15 is 0 Å². The van der Waals surface area contributed by atoms with Gasteiger partial charge in [0.15, 0.2) is 0 Å². The van der Waals surface area contributed by atoms with Crippen LogP contribution in [0.4, 0.5) is 23.0 Å². The van der Waals surface area contributed by atoms with Crippen molar-refractivity contribution in [3.8, 4) is 0 Å². The third-order valence-electron chi connectivity index (χ3n) is 4.20. The first-order chi connectivity index (χ1) is 14.0. The Morgan fingerprint density at radius 2 is 1.90 bits per heavy atom. The van der Waals surface area contributed by atoms with E-state index in [-0.39, 0.29) is 17.3 Å². The van der Waals surface area contributed by atoms with Gasteiger partial charge in [0.25, 0.3) is 5.91 Å². The number of carbonyl (C=O) groups is 1. The molecule has 0 spiro atoms. The predicted molar refractivity (Wildman–Crippen MR) is 110 cm³/mol. The van der Waals surface area contributed by atoms with E-state index in [1.54, 1.807) is 35.2 Å². The molecule has 0 aliphatic carbocycles. The zero-order valence-electron chi connectivity index (χ0n) is 16.0. The molecule has 29 heavy (non-hydrogen) atoms. The highest BCUT2D eigenvalue weighted by molar-refractivity contribution is 5.95. The van der Waals surface area contributed by atoms with Crippen LogP contribution in [0.25, 0.3) is 0 Å². The van der Waals surface area contributed by atoms with Gasteiger partial charge in [0.2, 0.25) is 11.6 Å². The van der Waals surface area contributed by atoms with Crippen molar-refractivity contribution < 1.29 is 9.72 Å². The molecule has 0 saturated heterocycles. The summed E-state index contributed by atoms with van der Waals surface area (Å²) in [5, 5.41) is 11.8. The van der Waals surface area contributed by atoms with E-state index in [2.05, 4.69) is 20.8 Å². The van der Waals surface area contributed by atoms with Crippen LogP contribution < -0.4 is 15.8 Å². The Morgan fingerprint density at radius 1 is 1.14 bits per heavy atom. The summed E-state index contributed by atoms with van der Waals surface area (Å²) in [4.78, 5) is 33.3. The zero-order valence-corrected chi connectivity index (χ0v) is 16.0. The normalized spacial score (nSPS) is 10.3. The van der Waals surface area contributed by atoms with Crippen molar-refractivity contribution in [1.82, 2.24) is 15.4 Å². The molecule has 0 aliphatic heterocycles. The quantitative estimate of drug-likeness (QED) is 0.466. The van der Waals surface area contributed by atoms with Gasteiger partial charge in [-0.2, -0.15) is 0 Å². The van der Waals surface area contributed by atoms with Crippen LogP contribution in [-0.2, 0) is 0 Å². The van der Waals surface area contributed by atoms with E-state index in [1.807, 2.05) is 38.1 Å². The Hall–Kier alpha value is -4.01. The zero-order chi connectivity index (χ0) is 20.8. The Morgan fingerprint density at radius 3 is 2.55 bits per heavy atom. The summed E-state index contributed by atoms with van der Waals surface area (Å²) in [6.45, 7) is 4.27. The minimum atomic E-state index is -0.565. The molecule has 1 amide bonds. The number of carbonyl (C=O) groups excluding carboxylic acids is 1. The van der Waals surface area contributed by atoms with Crippen molar-refractivity contribution >= 4 is 28.9 Å². The molecule has 0 saturated carbocycles. The molecule has 3 rings (SSSR count). The summed E-state index contributed by atoms with van der Waals surface area (Å²) in [5.41, 5.74) is 6.87.